The lowest BCUT2D eigenvalue weighted by atomic mass is 10.1. The summed E-state index contributed by atoms with van der Waals surface area (Å²) in [4.78, 5) is 21.6. The van der Waals surface area contributed by atoms with Crippen LogP contribution in [-0.2, 0) is 16.0 Å². The smallest absolute Gasteiger partial charge is 0.407 e. The molecule has 0 radical (unpaired) electrons. The van der Waals surface area contributed by atoms with E-state index in [9.17, 15) is 9.59 Å². The summed E-state index contributed by atoms with van der Waals surface area (Å²) in [5.74, 6) is -0.620. The number of primary amides is 1. The Kier molecular flexibility index (Phi) is 6.38. The predicted molar refractivity (Wildman–Crippen MR) is 71.3 cm³/mol. The van der Waals surface area contributed by atoms with Crippen LogP contribution in [0.2, 0.25) is 0 Å². The third kappa shape index (κ3) is 7.05. The van der Waals surface area contributed by atoms with Crippen LogP contribution in [0, 0.1) is 0 Å². The van der Waals surface area contributed by atoms with Crippen LogP contribution in [-0.4, -0.2) is 31.2 Å². The number of carbonyl (C=O) groups excluding carboxylic acids is 2. The number of aryl methyl sites for hydroxylation is 1. The van der Waals surface area contributed by atoms with Gasteiger partial charge in [0.2, 0.25) is 5.91 Å². The maximum atomic E-state index is 11.1. The van der Waals surface area contributed by atoms with E-state index in [2.05, 4.69) is 5.32 Å². The average Bonchev–Trinajstić information content (AvgIpc) is 2.41. The summed E-state index contributed by atoms with van der Waals surface area (Å²) >= 11 is 0. The number of hydrogen-bond donors (Lipinski definition) is 3. The third-order valence-electron chi connectivity index (χ3n) is 2.48. The fourth-order valence-corrected chi connectivity index (χ4v) is 1.47. The quantitative estimate of drug-likeness (QED) is 0.652. The van der Waals surface area contributed by atoms with Crippen molar-refractivity contribution < 1.29 is 14.3 Å². The molecule has 0 saturated heterocycles. The number of ether oxygens (including phenoxy) is 1. The molecule has 0 heterocycles. The van der Waals surface area contributed by atoms with Crippen LogP contribution in [0.15, 0.2) is 30.3 Å². The highest BCUT2D eigenvalue weighted by atomic mass is 16.5. The number of rotatable bonds is 7. The Hall–Kier alpha value is -2.08. The lowest BCUT2D eigenvalue weighted by Crippen LogP contribution is -2.36. The summed E-state index contributed by atoms with van der Waals surface area (Å²) in [6.45, 7) is -0.129. The Morgan fingerprint density at radius 2 is 1.95 bits per heavy atom. The molecule has 6 heteroatoms. The number of alkyl carbamates (subject to hydrolysis) is 1. The Balaban J connectivity index is 2.15. The second kappa shape index (κ2) is 8.10. The molecule has 104 valence electrons. The molecule has 0 unspecified atom stereocenters. The highest BCUT2D eigenvalue weighted by Gasteiger charge is 2.08. The van der Waals surface area contributed by atoms with Gasteiger partial charge in [0.25, 0.3) is 0 Å². The predicted octanol–water partition coefficient (Wildman–Crippen LogP) is 0.158. The molecule has 1 atom stereocenters. The number of hydrogen-bond acceptors (Lipinski definition) is 4. The van der Waals surface area contributed by atoms with Gasteiger partial charge in [0, 0.05) is 6.04 Å². The minimum Gasteiger partial charge on any atom is -0.448 e. The molecule has 5 N–H and O–H groups in total. The van der Waals surface area contributed by atoms with Gasteiger partial charge in [-0.05, 0) is 18.4 Å². The summed E-state index contributed by atoms with van der Waals surface area (Å²) in [5, 5.41) is 2.22. The van der Waals surface area contributed by atoms with E-state index in [0.29, 0.717) is 6.42 Å². The highest BCUT2D eigenvalue weighted by molar-refractivity contribution is 5.80. The summed E-state index contributed by atoms with van der Waals surface area (Å²) in [7, 11) is 0. The van der Waals surface area contributed by atoms with Crippen LogP contribution < -0.4 is 16.8 Å². The van der Waals surface area contributed by atoms with Gasteiger partial charge in [-0.15, -0.1) is 0 Å². The van der Waals surface area contributed by atoms with Gasteiger partial charge in [0.15, 0.2) is 0 Å². The van der Waals surface area contributed by atoms with Crippen molar-refractivity contribution in [3.05, 3.63) is 35.9 Å². The highest BCUT2D eigenvalue weighted by Crippen LogP contribution is 2.04. The number of nitrogens with two attached hydrogens (primary N) is 2. The van der Waals surface area contributed by atoms with E-state index in [1.807, 2.05) is 30.3 Å². The van der Waals surface area contributed by atoms with Gasteiger partial charge in [0.1, 0.15) is 6.61 Å². The zero-order chi connectivity index (χ0) is 14.1. The molecule has 2 amide bonds. The van der Waals surface area contributed by atoms with E-state index >= 15 is 0 Å². The van der Waals surface area contributed by atoms with Crippen LogP contribution in [0.25, 0.3) is 0 Å². The third-order valence-corrected chi connectivity index (χ3v) is 2.48. The van der Waals surface area contributed by atoms with Crippen molar-refractivity contribution >= 4 is 12.0 Å². The molecule has 0 fully saturated rings. The maximum absolute atomic E-state index is 11.1. The first-order chi connectivity index (χ1) is 9.08. The maximum Gasteiger partial charge on any atom is 0.407 e. The molecule has 6 nitrogen and oxygen atoms in total. The first-order valence-electron chi connectivity index (χ1n) is 6.06. The largest absolute Gasteiger partial charge is 0.448 e. The zero-order valence-corrected chi connectivity index (χ0v) is 10.7. The van der Waals surface area contributed by atoms with Crippen molar-refractivity contribution in [2.45, 2.75) is 18.9 Å². The van der Waals surface area contributed by atoms with E-state index in [0.717, 1.165) is 6.42 Å². The van der Waals surface area contributed by atoms with Crippen molar-refractivity contribution in [2.24, 2.45) is 11.5 Å². The topological polar surface area (TPSA) is 107 Å². The SMILES string of the molecule is NC(=O)CNC(=O)OC[C@H](N)CCc1ccccc1. The average molecular weight is 265 g/mol. The number of carbonyl (C=O) groups is 2. The van der Waals surface area contributed by atoms with Crippen LogP contribution in [0.4, 0.5) is 4.79 Å². The van der Waals surface area contributed by atoms with E-state index < -0.39 is 12.0 Å². The standard InChI is InChI=1S/C13H19N3O3/c14-11(7-6-10-4-2-1-3-5-10)9-19-13(18)16-8-12(15)17/h1-5,11H,6-9,14H2,(H2,15,17)(H,16,18)/t11-/m1/s1. The number of amides is 2. The number of benzene rings is 1. The van der Waals surface area contributed by atoms with Gasteiger partial charge in [0.05, 0.1) is 6.54 Å². The van der Waals surface area contributed by atoms with E-state index in [4.69, 9.17) is 16.2 Å². The van der Waals surface area contributed by atoms with Crippen molar-refractivity contribution in [2.75, 3.05) is 13.2 Å². The van der Waals surface area contributed by atoms with Crippen LogP contribution >= 0.6 is 0 Å². The lowest BCUT2D eigenvalue weighted by Gasteiger charge is -2.12. The molecule has 0 aliphatic carbocycles. The Labute approximate surface area is 112 Å². The van der Waals surface area contributed by atoms with Crippen LogP contribution in [0.5, 0.6) is 0 Å². The monoisotopic (exact) mass is 265 g/mol. The molecule has 1 aromatic rings. The molecule has 1 aromatic carbocycles. The molecule has 1 rings (SSSR count). The summed E-state index contributed by atoms with van der Waals surface area (Å²) in [6, 6.07) is 9.69. The van der Waals surface area contributed by atoms with Crippen molar-refractivity contribution in [3.8, 4) is 0 Å². The Bertz CT molecular complexity index is 409. The molecule has 0 bridgehead atoms. The molecule has 0 saturated carbocycles. The second-order valence-electron chi connectivity index (χ2n) is 4.20. The van der Waals surface area contributed by atoms with E-state index in [-0.39, 0.29) is 19.2 Å². The van der Waals surface area contributed by atoms with E-state index in [1.165, 1.54) is 5.56 Å². The Morgan fingerprint density at radius 1 is 1.26 bits per heavy atom. The molecule has 19 heavy (non-hydrogen) atoms. The van der Waals surface area contributed by atoms with Gasteiger partial charge in [-0.25, -0.2) is 4.79 Å². The molecular weight excluding hydrogens is 246 g/mol. The molecule has 0 spiro atoms. The van der Waals surface area contributed by atoms with Crippen LogP contribution in [0.3, 0.4) is 0 Å². The van der Waals surface area contributed by atoms with Crippen LogP contribution in [0.1, 0.15) is 12.0 Å². The molecule has 0 aliphatic rings. The first-order valence-corrected chi connectivity index (χ1v) is 6.06. The van der Waals surface area contributed by atoms with Gasteiger partial charge in [-0.1, -0.05) is 30.3 Å². The first kappa shape index (κ1) is 15.0. The zero-order valence-electron chi connectivity index (χ0n) is 10.7. The Morgan fingerprint density at radius 3 is 2.58 bits per heavy atom. The minimum absolute atomic E-state index is 0.109. The fourth-order valence-electron chi connectivity index (χ4n) is 1.47. The summed E-state index contributed by atoms with van der Waals surface area (Å²) in [5.41, 5.74) is 11.9. The minimum atomic E-state index is -0.686. The van der Waals surface area contributed by atoms with Gasteiger partial charge >= 0.3 is 6.09 Å². The van der Waals surface area contributed by atoms with Crippen molar-refractivity contribution in [1.29, 1.82) is 0 Å². The van der Waals surface area contributed by atoms with Crippen molar-refractivity contribution in [1.82, 2.24) is 5.32 Å². The van der Waals surface area contributed by atoms with Gasteiger partial charge < -0.3 is 21.5 Å². The van der Waals surface area contributed by atoms with Gasteiger partial charge in [-0.2, -0.15) is 0 Å². The normalized spacial score (nSPS) is 11.6. The number of nitrogens with one attached hydrogen (secondary N) is 1. The molecule has 0 aromatic heterocycles. The molecular formula is C13H19N3O3. The summed E-state index contributed by atoms with van der Waals surface area (Å²) in [6.07, 6.45) is 0.857. The molecule has 0 aliphatic heterocycles. The lowest BCUT2D eigenvalue weighted by molar-refractivity contribution is -0.117. The fraction of sp³-hybridized carbons (Fsp3) is 0.385. The summed E-state index contributed by atoms with van der Waals surface area (Å²) < 4.78 is 4.86. The van der Waals surface area contributed by atoms with E-state index in [1.54, 1.807) is 0 Å². The second-order valence-corrected chi connectivity index (χ2v) is 4.20. The van der Waals surface area contributed by atoms with Crippen molar-refractivity contribution in [3.63, 3.8) is 0 Å². The van der Waals surface area contributed by atoms with Gasteiger partial charge in [-0.3, -0.25) is 4.79 Å².